The van der Waals surface area contributed by atoms with E-state index in [1.54, 1.807) is 30.3 Å². The number of hydrogen-bond acceptors (Lipinski definition) is 4. The van der Waals surface area contributed by atoms with Crippen LogP contribution in [-0.2, 0) is 9.84 Å². The molecule has 23 heavy (non-hydrogen) atoms. The fraction of sp³-hybridized carbons (Fsp3) is 0.235. The van der Waals surface area contributed by atoms with Gasteiger partial charge in [0.05, 0.1) is 24.7 Å². The van der Waals surface area contributed by atoms with Crippen LogP contribution < -0.4 is 9.47 Å². The summed E-state index contributed by atoms with van der Waals surface area (Å²) in [6, 6.07) is 11.3. The van der Waals surface area contributed by atoms with Crippen molar-refractivity contribution in [2.24, 2.45) is 0 Å². The topological polar surface area (TPSA) is 57.0 Å². The van der Waals surface area contributed by atoms with Crippen LogP contribution in [0.15, 0.2) is 47.4 Å². The highest BCUT2D eigenvalue weighted by atomic mass is 32.2. The molecule has 1 unspecified atom stereocenters. The lowest BCUT2D eigenvalue weighted by Crippen LogP contribution is -2.12. The first-order valence-electron chi connectivity index (χ1n) is 6.83. The highest BCUT2D eigenvalue weighted by Gasteiger charge is 2.37. The predicted molar refractivity (Wildman–Crippen MR) is 87.3 cm³/mol. The largest absolute Gasteiger partial charge is 0.493 e. The number of rotatable bonds is 5. The van der Waals surface area contributed by atoms with Gasteiger partial charge >= 0.3 is 5.37 Å². The molecule has 120 valence electrons. The van der Waals surface area contributed by atoms with Crippen LogP contribution in [-0.4, -0.2) is 22.6 Å². The van der Waals surface area contributed by atoms with E-state index < -0.39 is 15.2 Å². The lowest BCUT2D eigenvalue weighted by Gasteiger charge is -2.14. The molecule has 0 aromatic heterocycles. The second-order valence-electron chi connectivity index (χ2n) is 4.92. The van der Waals surface area contributed by atoms with E-state index in [1.165, 1.54) is 26.4 Å². The van der Waals surface area contributed by atoms with Gasteiger partial charge in [-0.1, -0.05) is 23.8 Å². The summed E-state index contributed by atoms with van der Waals surface area (Å²) in [6.07, 6.45) is 0. The molecular formula is C17H17NO4S. The van der Waals surface area contributed by atoms with Gasteiger partial charge in [-0.2, -0.15) is 0 Å². The van der Waals surface area contributed by atoms with E-state index in [0.717, 1.165) is 5.56 Å². The number of benzene rings is 2. The highest BCUT2D eigenvalue weighted by molar-refractivity contribution is 7.91. The Bertz CT molecular complexity index is 836. The van der Waals surface area contributed by atoms with E-state index in [4.69, 9.17) is 16.0 Å². The van der Waals surface area contributed by atoms with Crippen LogP contribution in [0.25, 0.3) is 4.85 Å². The number of methoxy groups -OCH3 is 2. The summed E-state index contributed by atoms with van der Waals surface area (Å²) in [5.74, 6) is 0.643. The maximum absolute atomic E-state index is 12.8. The molecular weight excluding hydrogens is 314 g/mol. The van der Waals surface area contributed by atoms with E-state index in [1.807, 2.05) is 6.92 Å². The van der Waals surface area contributed by atoms with Gasteiger partial charge in [0.1, 0.15) is 0 Å². The van der Waals surface area contributed by atoms with Crippen LogP contribution >= 0.6 is 0 Å². The fourth-order valence-corrected chi connectivity index (χ4v) is 3.70. The predicted octanol–water partition coefficient (Wildman–Crippen LogP) is 3.40. The zero-order valence-corrected chi connectivity index (χ0v) is 13.9. The normalized spacial score (nSPS) is 12.3. The SMILES string of the molecule is [C-]#[N+]C(c1cccc(OC)c1OC)S(=O)(=O)c1ccc(C)cc1. The molecule has 6 heteroatoms. The summed E-state index contributed by atoms with van der Waals surface area (Å²) >= 11 is 0. The molecule has 0 amide bonds. The molecule has 0 radical (unpaired) electrons. The third-order valence-electron chi connectivity index (χ3n) is 3.46. The first-order chi connectivity index (χ1) is 11.0. The van der Waals surface area contributed by atoms with E-state index in [-0.39, 0.29) is 16.2 Å². The second kappa shape index (κ2) is 6.71. The highest BCUT2D eigenvalue weighted by Crippen LogP contribution is 2.40. The van der Waals surface area contributed by atoms with Gasteiger partial charge in [0.25, 0.3) is 9.84 Å². The average Bonchev–Trinajstić information content (AvgIpc) is 2.55. The first-order valence-corrected chi connectivity index (χ1v) is 8.38. The summed E-state index contributed by atoms with van der Waals surface area (Å²) in [6.45, 7) is 9.26. The smallest absolute Gasteiger partial charge is 0.353 e. The van der Waals surface area contributed by atoms with Gasteiger partial charge in [0.15, 0.2) is 11.5 Å². The number of para-hydroxylation sites is 1. The Morgan fingerprint density at radius 3 is 2.22 bits per heavy atom. The lowest BCUT2D eigenvalue weighted by atomic mass is 10.2. The minimum absolute atomic E-state index is 0.106. The number of sulfone groups is 1. The Labute approximate surface area is 136 Å². The molecule has 0 aliphatic carbocycles. The second-order valence-corrected chi connectivity index (χ2v) is 6.93. The molecule has 2 rings (SSSR count). The fourth-order valence-electron chi connectivity index (χ4n) is 2.27. The first kappa shape index (κ1) is 16.8. The molecule has 0 aliphatic rings. The third-order valence-corrected chi connectivity index (χ3v) is 5.34. The Hall–Kier alpha value is -2.52. The van der Waals surface area contributed by atoms with Crippen LogP contribution in [0, 0.1) is 13.5 Å². The molecule has 0 aliphatic heterocycles. The van der Waals surface area contributed by atoms with Crippen molar-refractivity contribution in [1.82, 2.24) is 0 Å². The van der Waals surface area contributed by atoms with Crippen molar-refractivity contribution in [3.8, 4) is 11.5 Å². The van der Waals surface area contributed by atoms with Crippen LogP contribution in [0.3, 0.4) is 0 Å². The minimum Gasteiger partial charge on any atom is -0.493 e. The molecule has 0 bridgehead atoms. The van der Waals surface area contributed by atoms with Crippen LogP contribution in [0.4, 0.5) is 0 Å². The standard InChI is InChI=1S/C17H17NO4S/c1-12-8-10-13(11-9-12)23(19,20)17(18-2)14-6-5-7-15(21-3)16(14)22-4/h5-11,17H,1,3-4H3. The molecule has 0 N–H and O–H groups in total. The van der Waals surface area contributed by atoms with Crippen molar-refractivity contribution in [3.05, 3.63) is 65.0 Å². The van der Waals surface area contributed by atoms with Crippen molar-refractivity contribution in [3.63, 3.8) is 0 Å². The Morgan fingerprint density at radius 2 is 1.70 bits per heavy atom. The molecule has 5 nitrogen and oxygen atoms in total. The van der Waals surface area contributed by atoms with E-state index >= 15 is 0 Å². The van der Waals surface area contributed by atoms with Crippen LogP contribution in [0.2, 0.25) is 0 Å². The zero-order valence-electron chi connectivity index (χ0n) is 13.1. The van der Waals surface area contributed by atoms with Crippen molar-refractivity contribution < 1.29 is 17.9 Å². The van der Waals surface area contributed by atoms with E-state index in [9.17, 15) is 8.42 Å². The van der Waals surface area contributed by atoms with Crippen LogP contribution in [0.1, 0.15) is 16.5 Å². The van der Waals surface area contributed by atoms with Crippen molar-refractivity contribution >= 4 is 9.84 Å². The molecule has 2 aromatic carbocycles. The van der Waals surface area contributed by atoms with Crippen molar-refractivity contribution in [2.45, 2.75) is 17.2 Å². The monoisotopic (exact) mass is 331 g/mol. The van der Waals surface area contributed by atoms with Gasteiger partial charge in [-0.05, 0) is 31.2 Å². The summed E-state index contributed by atoms with van der Waals surface area (Å²) in [5.41, 5.74) is 1.21. The summed E-state index contributed by atoms with van der Waals surface area (Å²) < 4.78 is 36.1. The number of nitrogens with zero attached hydrogens (tertiary/aromatic N) is 1. The summed E-state index contributed by atoms with van der Waals surface area (Å²) in [7, 11) is -0.989. The van der Waals surface area contributed by atoms with Crippen LogP contribution in [0.5, 0.6) is 11.5 Å². The average molecular weight is 331 g/mol. The molecule has 1 atom stereocenters. The lowest BCUT2D eigenvalue weighted by molar-refractivity contribution is 0.352. The Balaban J connectivity index is 2.61. The maximum Gasteiger partial charge on any atom is 0.353 e. The number of hydrogen-bond donors (Lipinski definition) is 0. The van der Waals surface area contributed by atoms with Gasteiger partial charge < -0.3 is 9.47 Å². The van der Waals surface area contributed by atoms with Gasteiger partial charge in [0, 0.05) is 0 Å². The quantitative estimate of drug-likeness (QED) is 0.788. The van der Waals surface area contributed by atoms with Gasteiger partial charge in [-0.25, -0.2) is 15.0 Å². The minimum atomic E-state index is -3.87. The van der Waals surface area contributed by atoms with Gasteiger partial charge in [-0.3, -0.25) is 4.85 Å². The Morgan fingerprint density at radius 1 is 1.04 bits per heavy atom. The number of ether oxygens (including phenoxy) is 2. The molecule has 2 aromatic rings. The van der Waals surface area contributed by atoms with Gasteiger partial charge in [0.2, 0.25) is 0 Å². The van der Waals surface area contributed by atoms with E-state index in [2.05, 4.69) is 4.85 Å². The molecule has 0 spiro atoms. The summed E-state index contributed by atoms with van der Waals surface area (Å²) in [5, 5.41) is -1.39. The number of aryl methyl sites for hydroxylation is 1. The zero-order chi connectivity index (χ0) is 17.0. The third kappa shape index (κ3) is 3.15. The van der Waals surface area contributed by atoms with E-state index in [0.29, 0.717) is 5.75 Å². The van der Waals surface area contributed by atoms with Gasteiger partial charge in [-0.15, -0.1) is 0 Å². The molecule has 0 saturated carbocycles. The summed E-state index contributed by atoms with van der Waals surface area (Å²) in [4.78, 5) is 3.44. The van der Waals surface area contributed by atoms with Crippen molar-refractivity contribution in [1.29, 1.82) is 0 Å². The maximum atomic E-state index is 12.8. The molecule has 0 heterocycles. The van der Waals surface area contributed by atoms with Crippen molar-refractivity contribution in [2.75, 3.05) is 14.2 Å². The Kier molecular flexibility index (Phi) is 4.92. The molecule has 0 fully saturated rings. The molecule has 0 saturated heterocycles.